The predicted octanol–water partition coefficient (Wildman–Crippen LogP) is 3.28. The van der Waals surface area contributed by atoms with Crippen LogP contribution in [-0.4, -0.2) is 58.7 Å². The van der Waals surface area contributed by atoms with Gasteiger partial charge in [0.2, 0.25) is 0 Å². The van der Waals surface area contributed by atoms with E-state index < -0.39 is 0 Å². The predicted molar refractivity (Wildman–Crippen MR) is 114 cm³/mol. The summed E-state index contributed by atoms with van der Waals surface area (Å²) in [7, 11) is 0. The van der Waals surface area contributed by atoms with Crippen LogP contribution in [0.3, 0.4) is 0 Å². The highest BCUT2D eigenvalue weighted by Gasteiger charge is 2.31. The molecule has 0 radical (unpaired) electrons. The standard InChI is InChI=1S/C20H24N2O3S2/c1-14-12-19(23)25-18-13-16(4-5-17(14)18)24-10-11-27-20(26)22-8-6-21(7-9-22)15-2-3-15/h4-5,12-13,15H,2-3,6-11H2,1H3. The Hall–Kier alpha value is -1.57. The number of rotatable bonds is 5. The number of fused-ring (bicyclic) bond motifs is 1. The Bertz CT molecular complexity index is 886. The van der Waals surface area contributed by atoms with Crippen molar-refractivity contribution in [3.05, 3.63) is 40.2 Å². The molecule has 0 bridgehead atoms. The molecule has 27 heavy (non-hydrogen) atoms. The zero-order valence-electron chi connectivity index (χ0n) is 15.5. The molecule has 7 heteroatoms. The van der Waals surface area contributed by atoms with E-state index in [9.17, 15) is 4.79 Å². The van der Waals surface area contributed by atoms with Gasteiger partial charge in [0.15, 0.2) is 0 Å². The molecule has 0 amide bonds. The van der Waals surface area contributed by atoms with Gasteiger partial charge in [-0.3, -0.25) is 4.90 Å². The Morgan fingerprint density at radius 2 is 2.04 bits per heavy atom. The van der Waals surface area contributed by atoms with Crippen molar-refractivity contribution in [3.8, 4) is 5.75 Å². The first-order chi connectivity index (χ1) is 13.1. The Labute approximate surface area is 168 Å². The van der Waals surface area contributed by atoms with Gasteiger partial charge < -0.3 is 14.1 Å². The highest BCUT2D eigenvalue weighted by molar-refractivity contribution is 8.22. The maximum Gasteiger partial charge on any atom is 0.336 e. The molecule has 144 valence electrons. The van der Waals surface area contributed by atoms with E-state index in [0.717, 1.165) is 53.2 Å². The first-order valence-electron chi connectivity index (χ1n) is 9.43. The summed E-state index contributed by atoms with van der Waals surface area (Å²) < 4.78 is 12.1. The lowest BCUT2D eigenvalue weighted by Crippen LogP contribution is -2.48. The van der Waals surface area contributed by atoms with E-state index in [-0.39, 0.29) is 5.63 Å². The first kappa shape index (κ1) is 18.8. The third kappa shape index (κ3) is 4.65. The fourth-order valence-corrected chi connectivity index (χ4v) is 4.62. The molecule has 1 aromatic carbocycles. The minimum Gasteiger partial charge on any atom is -0.493 e. The highest BCUT2D eigenvalue weighted by atomic mass is 32.2. The molecule has 1 saturated heterocycles. The van der Waals surface area contributed by atoms with Gasteiger partial charge in [-0.2, -0.15) is 0 Å². The summed E-state index contributed by atoms with van der Waals surface area (Å²) in [5.41, 5.74) is 1.14. The summed E-state index contributed by atoms with van der Waals surface area (Å²) in [6, 6.07) is 7.97. The summed E-state index contributed by atoms with van der Waals surface area (Å²) in [5.74, 6) is 1.51. The summed E-state index contributed by atoms with van der Waals surface area (Å²) in [5, 5.41) is 0.933. The van der Waals surface area contributed by atoms with E-state index in [1.807, 2.05) is 19.1 Å². The van der Waals surface area contributed by atoms with Crippen LogP contribution in [0.4, 0.5) is 0 Å². The molecule has 0 spiro atoms. The van der Waals surface area contributed by atoms with Crippen molar-refractivity contribution in [2.24, 2.45) is 0 Å². The molecule has 2 aromatic rings. The molecule has 0 atom stereocenters. The van der Waals surface area contributed by atoms with Gasteiger partial charge in [-0.15, -0.1) is 0 Å². The number of ether oxygens (including phenoxy) is 1. The van der Waals surface area contributed by atoms with Crippen LogP contribution in [0.5, 0.6) is 5.75 Å². The summed E-state index contributed by atoms with van der Waals surface area (Å²) >= 11 is 7.26. The lowest BCUT2D eigenvalue weighted by Gasteiger charge is -2.35. The number of hydrogen-bond donors (Lipinski definition) is 0. The van der Waals surface area contributed by atoms with Gasteiger partial charge in [0, 0.05) is 55.5 Å². The molecule has 1 saturated carbocycles. The second kappa shape index (κ2) is 8.20. The average molecular weight is 405 g/mol. The lowest BCUT2D eigenvalue weighted by molar-refractivity contribution is 0.178. The third-order valence-corrected chi connectivity index (χ3v) is 6.62. The number of nitrogens with zero attached hydrogens (tertiary/aromatic N) is 2. The van der Waals surface area contributed by atoms with Gasteiger partial charge in [-0.1, -0.05) is 24.0 Å². The molecular formula is C20H24N2O3S2. The Kier molecular flexibility index (Phi) is 5.71. The molecule has 2 heterocycles. The van der Waals surface area contributed by atoms with Crippen molar-refractivity contribution in [2.45, 2.75) is 25.8 Å². The molecule has 0 unspecified atom stereocenters. The van der Waals surface area contributed by atoms with Crippen LogP contribution in [0.15, 0.2) is 33.5 Å². The highest BCUT2D eigenvalue weighted by Crippen LogP contribution is 2.28. The summed E-state index contributed by atoms with van der Waals surface area (Å²) in [6.07, 6.45) is 2.74. The zero-order valence-corrected chi connectivity index (χ0v) is 17.1. The maximum atomic E-state index is 11.5. The Balaban J connectivity index is 1.23. The van der Waals surface area contributed by atoms with Crippen LogP contribution in [-0.2, 0) is 0 Å². The van der Waals surface area contributed by atoms with Crippen LogP contribution >= 0.6 is 24.0 Å². The van der Waals surface area contributed by atoms with Crippen LogP contribution in [0.25, 0.3) is 11.0 Å². The van der Waals surface area contributed by atoms with Crippen molar-refractivity contribution in [1.29, 1.82) is 0 Å². The fourth-order valence-electron chi connectivity index (χ4n) is 3.48. The van der Waals surface area contributed by atoms with E-state index in [4.69, 9.17) is 21.4 Å². The molecule has 2 aliphatic rings. The fraction of sp³-hybridized carbons (Fsp3) is 0.500. The Morgan fingerprint density at radius 1 is 1.26 bits per heavy atom. The second-order valence-electron chi connectivity index (χ2n) is 7.12. The van der Waals surface area contributed by atoms with Crippen LogP contribution < -0.4 is 10.4 Å². The van der Waals surface area contributed by atoms with Crippen molar-refractivity contribution in [3.63, 3.8) is 0 Å². The largest absolute Gasteiger partial charge is 0.493 e. The lowest BCUT2D eigenvalue weighted by atomic mass is 10.1. The zero-order chi connectivity index (χ0) is 18.8. The van der Waals surface area contributed by atoms with E-state index in [2.05, 4.69) is 9.80 Å². The Morgan fingerprint density at radius 3 is 2.78 bits per heavy atom. The van der Waals surface area contributed by atoms with Gasteiger partial charge in [-0.25, -0.2) is 4.79 Å². The smallest absolute Gasteiger partial charge is 0.336 e. The number of thiocarbonyl (C=S) groups is 1. The monoisotopic (exact) mass is 404 g/mol. The second-order valence-corrected chi connectivity index (χ2v) is 8.85. The molecule has 5 nitrogen and oxygen atoms in total. The van der Waals surface area contributed by atoms with E-state index in [0.29, 0.717) is 17.9 Å². The molecule has 0 N–H and O–H groups in total. The van der Waals surface area contributed by atoms with Crippen molar-refractivity contribution in [1.82, 2.24) is 9.80 Å². The average Bonchev–Trinajstić information content (AvgIpc) is 3.50. The summed E-state index contributed by atoms with van der Waals surface area (Å²) in [6.45, 7) is 6.79. The van der Waals surface area contributed by atoms with Crippen molar-refractivity contribution >= 4 is 39.3 Å². The van der Waals surface area contributed by atoms with Gasteiger partial charge in [0.25, 0.3) is 0 Å². The van der Waals surface area contributed by atoms with E-state index in [1.54, 1.807) is 17.8 Å². The van der Waals surface area contributed by atoms with Crippen LogP contribution in [0, 0.1) is 6.92 Å². The first-order valence-corrected chi connectivity index (χ1v) is 10.8. The molecule has 1 aliphatic carbocycles. The minimum absolute atomic E-state index is 0.333. The maximum absolute atomic E-state index is 11.5. The number of thioether (sulfide) groups is 1. The molecule has 4 rings (SSSR count). The van der Waals surface area contributed by atoms with Gasteiger partial charge >= 0.3 is 5.63 Å². The minimum atomic E-state index is -0.333. The number of aryl methyl sites for hydroxylation is 1. The number of benzene rings is 1. The third-order valence-electron chi connectivity index (χ3n) is 5.14. The molecule has 2 fully saturated rings. The topological polar surface area (TPSA) is 45.9 Å². The number of piperazine rings is 1. The van der Waals surface area contributed by atoms with Gasteiger partial charge in [0.05, 0.1) is 6.61 Å². The normalized spacial score (nSPS) is 18.0. The molecule has 1 aromatic heterocycles. The van der Waals surface area contributed by atoms with Gasteiger partial charge in [0.1, 0.15) is 15.7 Å². The van der Waals surface area contributed by atoms with Crippen molar-refractivity contribution in [2.75, 3.05) is 38.5 Å². The van der Waals surface area contributed by atoms with E-state index in [1.165, 1.54) is 18.9 Å². The van der Waals surface area contributed by atoms with Crippen LogP contribution in [0.1, 0.15) is 18.4 Å². The number of hydrogen-bond acceptors (Lipinski definition) is 6. The van der Waals surface area contributed by atoms with Gasteiger partial charge in [-0.05, 0) is 37.5 Å². The molecule has 1 aliphatic heterocycles. The summed E-state index contributed by atoms with van der Waals surface area (Å²) in [4.78, 5) is 16.4. The van der Waals surface area contributed by atoms with E-state index >= 15 is 0 Å². The SMILES string of the molecule is Cc1cc(=O)oc2cc(OCCSC(=S)N3CCN(C4CC4)CC3)ccc12. The van der Waals surface area contributed by atoms with Crippen LogP contribution in [0.2, 0.25) is 0 Å². The quantitative estimate of drug-likeness (QED) is 0.430. The molecular weight excluding hydrogens is 380 g/mol. The van der Waals surface area contributed by atoms with Crippen molar-refractivity contribution < 1.29 is 9.15 Å².